The Kier molecular flexibility index (Phi) is 6.47. The van der Waals surface area contributed by atoms with Crippen LogP contribution in [-0.2, 0) is 6.42 Å². The summed E-state index contributed by atoms with van der Waals surface area (Å²) in [6.45, 7) is 1.81. The third-order valence-corrected chi connectivity index (χ3v) is 6.86. The predicted octanol–water partition coefficient (Wildman–Crippen LogP) is 6.49. The quantitative estimate of drug-likeness (QED) is 0.164. The van der Waals surface area contributed by atoms with E-state index in [0.29, 0.717) is 46.7 Å². The zero-order valence-corrected chi connectivity index (χ0v) is 21.3. The zero-order chi connectivity index (χ0) is 26.8. The van der Waals surface area contributed by atoms with Gasteiger partial charge in [-0.1, -0.05) is 60.7 Å². The number of amides is 1. The van der Waals surface area contributed by atoms with Crippen LogP contribution in [0.25, 0.3) is 22.0 Å². The number of fused-ring (bicyclic) bond motifs is 2. The van der Waals surface area contributed by atoms with Crippen LogP contribution >= 0.6 is 0 Å². The van der Waals surface area contributed by atoms with Crippen molar-refractivity contribution in [2.75, 3.05) is 0 Å². The highest BCUT2D eigenvalue weighted by atomic mass is 16.5. The highest BCUT2D eigenvalue weighted by Gasteiger charge is 2.29. The normalized spacial score (nSPS) is 13.7. The third-order valence-electron chi connectivity index (χ3n) is 6.86. The van der Waals surface area contributed by atoms with Crippen LogP contribution in [0.1, 0.15) is 50.6 Å². The van der Waals surface area contributed by atoms with Crippen molar-refractivity contribution >= 4 is 28.5 Å². The van der Waals surface area contributed by atoms with Crippen LogP contribution < -0.4 is 10.2 Å². The van der Waals surface area contributed by atoms with Gasteiger partial charge in [-0.05, 0) is 55.2 Å². The second kappa shape index (κ2) is 10.4. The van der Waals surface area contributed by atoms with Gasteiger partial charge in [-0.2, -0.15) is 5.10 Å². The molecule has 0 atom stereocenters. The number of rotatable bonds is 5. The van der Waals surface area contributed by atoms with Crippen LogP contribution in [0.15, 0.2) is 101 Å². The fraction of sp³-hybridized carbons (Fsp3) is 0.125. The van der Waals surface area contributed by atoms with E-state index in [1.165, 1.54) is 0 Å². The Morgan fingerprint density at radius 2 is 1.67 bits per heavy atom. The monoisotopic (exact) mass is 515 g/mol. The Hall–Kier alpha value is -5.04. The molecule has 5 aromatic rings. The summed E-state index contributed by atoms with van der Waals surface area (Å²) in [5, 5.41) is 5.31. The lowest BCUT2D eigenvalue weighted by molar-refractivity contribution is 0.0700. The molecule has 39 heavy (non-hydrogen) atoms. The standard InChI is InChI=1S/C32H25N3O4/c1-20-28-25(34-35-31(36)24-17-15-22(16-18-24)21-8-3-2-4-9-21)12-6-13-26(28)38-30(20)32(37)39-27-14-5-10-23-11-7-19-33-29(23)27/h2-5,7-11,14-19H,6,12-13H2,1H3,(H,35,36)/b34-25+. The molecule has 0 fully saturated rings. The average Bonchev–Trinajstić information content (AvgIpc) is 3.33. The van der Waals surface area contributed by atoms with Gasteiger partial charge in [0.15, 0.2) is 5.75 Å². The summed E-state index contributed by atoms with van der Waals surface area (Å²) in [6.07, 6.45) is 3.78. The van der Waals surface area contributed by atoms with E-state index in [9.17, 15) is 9.59 Å². The molecule has 1 aliphatic rings. The molecule has 1 amide bonds. The van der Waals surface area contributed by atoms with Gasteiger partial charge in [-0.15, -0.1) is 0 Å². The topological polar surface area (TPSA) is 93.8 Å². The highest BCUT2D eigenvalue weighted by Crippen LogP contribution is 2.31. The van der Waals surface area contributed by atoms with E-state index in [0.717, 1.165) is 28.5 Å². The maximum atomic E-state index is 13.1. The van der Waals surface area contributed by atoms with Crippen LogP contribution in [0.4, 0.5) is 0 Å². The number of hydrogen-bond acceptors (Lipinski definition) is 6. The molecule has 7 nitrogen and oxygen atoms in total. The first-order valence-electron chi connectivity index (χ1n) is 12.8. The van der Waals surface area contributed by atoms with E-state index in [2.05, 4.69) is 15.5 Å². The maximum absolute atomic E-state index is 13.1. The van der Waals surface area contributed by atoms with Crippen molar-refractivity contribution in [3.05, 3.63) is 119 Å². The fourth-order valence-electron chi connectivity index (χ4n) is 4.91. The molecular weight excluding hydrogens is 490 g/mol. The zero-order valence-electron chi connectivity index (χ0n) is 21.3. The van der Waals surface area contributed by atoms with E-state index in [4.69, 9.17) is 9.15 Å². The molecule has 0 spiro atoms. The number of benzene rings is 3. The van der Waals surface area contributed by atoms with Gasteiger partial charge in [0.2, 0.25) is 5.76 Å². The van der Waals surface area contributed by atoms with Crippen molar-refractivity contribution < 1.29 is 18.7 Å². The number of pyridine rings is 1. The molecule has 0 unspecified atom stereocenters. The summed E-state index contributed by atoms with van der Waals surface area (Å²) in [5.74, 6) is 0.263. The van der Waals surface area contributed by atoms with E-state index in [1.54, 1.807) is 24.4 Å². The van der Waals surface area contributed by atoms with Gasteiger partial charge in [0.05, 0.1) is 5.71 Å². The summed E-state index contributed by atoms with van der Waals surface area (Å²) >= 11 is 0. The van der Waals surface area contributed by atoms with E-state index < -0.39 is 5.97 Å². The molecule has 1 aliphatic carbocycles. The van der Waals surface area contributed by atoms with Crippen LogP contribution in [0.3, 0.4) is 0 Å². The SMILES string of the molecule is Cc1c(C(=O)Oc2cccc3cccnc23)oc2c1/C(=N/NC(=O)c1ccc(-c3ccccc3)cc1)CCC2. The lowest BCUT2D eigenvalue weighted by atomic mass is 9.93. The summed E-state index contributed by atoms with van der Waals surface area (Å²) in [4.78, 5) is 30.3. The third kappa shape index (κ3) is 4.82. The summed E-state index contributed by atoms with van der Waals surface area (Å²) in [7, 11) is 0. The number of para-hydroxylation sites is 1. The Morgan fingerprint density at radius 1 is 0.897 bits per heavy atom. The molecule has 192 valence electrons. The van der Waals surface area contributed by atoms with Gasteiger partial charge in [0.1, 0.15) is 11.3 Å². The molecule has 3 aromatic carbocycles. The number of carbonyl (C=O) groups excluding carboxylic acids is 2. The number of aryl methyl sites for hydroxylation is 1. The summed E-state index contributed by atoms with van der Waals surface area (Å²) in [6, 6.07) is 26.5. The Labute approximate surface area is 225 Å². The fourth-order valence-corrected chi connectivity index (χ4v) is 4.91. The first-order chi connectivity index (χ1) is 19.1. The second-order valence-electron chi connectivity index (χ2n) is 9.37. The van der Waals surface area contributed by atoms with Crippen molar-refractivity contribution in [2.45, 2.75) is 26.2 Å². The smallest absolute Gasteiger partial charge is 0.380 e. The molecule has 0 saturated carbocycles. The number of ether oxygens (including phenoxy) is 1. The van der Waals surface area contributed by atoms with Gasteiger partial charge in [-0.25, -0.2) is 10.2 Å². The average molecular weight is 516 g/mol. The van der Waals surface area contributed by atoms with Crippen LogP contribution in [0, 0.1) is 6.92 Å². The summed E-state index contributed by atoms with van der Waals surface area (Å²) in [5.41, 5.74) is 7.97. The molecule has 2 heterocycles. The number of esters is 1. The number of hydrazone groups is 1. The molecule has 0 bridgehead atoms. The molecule has 6 rings (SSSR count). The van der Waals surface area contributed by atoms with E-state index in [-0.39, 0.29) is 11.7 Å². The molecule has 0 aliphatic heterocycles. The van der Waals surface area contributed by atoms with Crippen molar-refractivity contribution in [1.29, 1.82) is 0 Å². The first kappa shape index (κ1) is 24.3. The summed E-state index contributed by atoms with van der Waals surface area (Å²) < 4.78 is 11.7. The van der Waals surface area contributed by atoms with Gasteiger partial charge in [-0.3, -0.25) is 9.78 Å². The van der Waals surface area contributed by atoms with E-state index >= 15 is 0 Å². The predicted molar refractivity (Wildman–Crippen MR) is 149 cm³/mol. The van der Waals surface area contributed by atoms with Crippen LogP contribution in [0.2, 0.25) is 0 Å². The maximum Gasteiger partial charge on any atom is 0.380 e. The Morgan fingerprint density at radius 3 is 2.49 bits per heavy atom. The molecule has 2 aromatic heterocycles. The largest absolute Gasteiger partial charge is 0.453 e. The van der Waals surface area contributed by atoms with Gasteiger partial charge >= 0.3 is 5.97 Å². The molecular formula is C32H25N3O4. The number of nitrogens with zero attached hydrogens (tertiary/aromatic N) is 2. The van der Waals surface area contributed by atoms with Crippen molar-refractivity contribution in [1.82, 2.24) is 10.4 Å². The van der Waals surface area contributed by atoms with Crippen molar-refractivity contribution in [3.63, 3.8) is 0 Å². The van der Waals surface area contributed by atoms with Gasteiger partial charge in [0, 0.05) is 34.7 Å². The Bertz CT molecular complexity index is 1710. The van der Waals surface area contributed by atoms with Crippen LogP contribution in [0.5, 0.6) is 5.75 Å². The molecule has 0 radical (unpaired) electrons. The van der Waals surface area contributed by atoms with Crippen molar-refractivity contribution in [3.8, 4) is 16.9 Å². The van der Waals surface area contributed by atoms with Crippen LogP contribution in [-0.4, -0.2) is 22.6 Å². The van der Waals surface area contributed by atoms with Crippen molar-refractivity contribution in [2.24, 2.45) is 5.10 Å². The lowest BCUT2D eigenvalue weighted by Gasteiger charge is -2.13. The minimum Gasteiger partial charge on any atom is -0.453 e. The highest BCUT2D eigenvalue weighted by molar-refractivity contribution is 6.07. The second-order valence-corrected chi connectivity index (χ2v) is 9.37. The Balaban J connectivity index is 1.21. The molecule has 0 saturated heterocycles. The lowest BCUT2D eigenvalue weighted by Crippen LogP contribution is -2.22. The van der Waals surface area contributed by atoms with Gasteiger partial charge in [0.25, 0.3) is 5.91 Å². The minimum absolute atomic E-state index is 0.130. The first-order valence-corrected chi connectivity index (χ1v) is 12.8. The number of hydrogen-bond donors (Lipinski definition) is 1. The number of furan rings is 1. The van der Waals surface area contributed by atoms with Gasteiger partial charge < -0.3 is 9.15 Å². The number of aromatic nitrogens is 1. The number of carbonyl (C=O) groups is 2. The molecule has 7 heteroatoms. The number of nitrogens with one attached hydrogen (secondary N) is 1. The molecule has 1 N–H and O–H groups in total. The van der Waals surface area contributed by atoms with E-state index in [1.807, 2.05) is 73.7 Å². The minimum atomic E-state index is -0.595.